The summed E-state index contributed by atoms with van der Waals surface area (Å²) in [6.07, 6.45) is 0. The molecule has 3 rings (SSSR count). The van der Waals surface area contributed by atoms with Crippen LogP contribution in [0.1, 0.15) is 28.1 Å². The summed E-state index contributed by atoms with van der Waals surface area (Å²) in [5.74, 6) is 0.794. The van der Waals surface area contributed by atoms with Crippen LogP contribution in [0, 0.1) is 32.1 Å². The number of hydrogen-bond donors (Lipinski definition) is 0. The minimum absolute atomic E-state index is 0.407. The molecule has 1 heterocycles. The van der Waals surface area contributed by atoms with Crippen LogP contribution in [0.4, 0.5) is 0 Å². The van der Waals surface area contributed by atoms with Crippen LogP contribution < -0.4 is 4.74 Å². The third kappa shape index (κ3) is 3.55. The number of benzene rings is 2. The molecule has 1 aromatic heterocycles. The first-order chi connectivity index (χ1) is 12.4. The Hall–Kier alpha value is -2.48. The Labute approximate surface area is 162 Å². The van der Waals surface area contributed by atoms with E-state index in [9.17, 15) is 0 Å². The highest BCUT2D eigenvalue weighted by Gasteiger charge is 2.15. The van der Waals surface area contributed by atoms with Gasteiger partial charge in [-0.05, 0) is 62.7 Å². The molecule has 2 aromatic carbocycles. The summed E-state index contributed by atoms with van der Waals surface area (Å²) in [5, 5.41) is 14.7. The van der Waals surface area contributed by atoms with Crippen LogP contribution in [0.25, 0.3) is 5.69 Å². The Morgan fingerprint density at radius 3 is 2.54 bits per heavy atom. The van der Waals surface area contributed by atoms with Crippen LogP contribution >= 0.6 is 23.2 Å². The van der Waals surface area contributed by atoms with E-state index in [0.29, 0.717) is 22.2 Å². The van der Waals surface area contributed by atoms with Crippen LogP contribution in [-0.2, 0) is 6.61 Å². The molecule has 26 heavy (non-hydrogen) atoms. The summed E-state index contributed by atoms with van der Waals surface area (Å²) in [6.45, 7) is 6.30. The molecule has 0 amide bonds. The van der Waals surface area contributed by atoms with Gasteiger partial charge in [0.05, 0.1) is 22.0 Å². The third-order valence-corrected chi connectivity index (χ3v) is 4.82. The van der Waals surface area contributed by atoms with Gasteiger partial charge in [-0.3, -0.25) is 0 Å². The zero-order valence-electron chi connectivity index (χ0n) is 14.7. The van der Waals surface area contributed by atoms with Crippen molar-refractivity contribution >= 4 is 23.2 Å². The highest BCUT2D eigenvalue weighted by atomic mass is 35.5. The fourth-order valence-electron chi connectivity index (χ4n) is 2.79. The molecule has 0 radical (unpaired) electrons. The van der Waals surface area contributed by atoms with E-state index in [1.165, 1.54) is 0 Å². The fourth-order valence-corrected chi connectivity index (χ4v) is 3.23. The van der Waals surface area contributed by atoms with E-state index in [1.54, 1.807) is 12.1 Å². The molecule has 0 atom stereocenters. The summed E-state index contributed by atoms with van der Waals surface area (Å²) in [6, 6.07) is 12.9. The Balaban J connectivity index is 1.88. The zero-order valence-corrected chi connectivity index (χ0v) is 16.2. The quantitative estimate of drug-likeness (QED) is 0.590. The van der Waals surface area contributed by atoms with E-state index >= 15 is 0 Å². The number of aromatic nitrogens is 2. The van der Waals surface area contributed by atoms with Gasteiger partial charge in [-0.2, -0.15) is 10.4 Å². The van der Waals surface area contributed by atoms with Gasteiger partial charge in [0.15, 0.2) is 0 Å². The normalized spacial score (nSPS) is 10.6. The smallest absolute Gasteiger partial charge is 0.122 e. The van der Waals surface area contributed by atoms with Crippen molar-refractivity contribution in [1.29, 1.82) is 5.26 Å². The van der Waals surface area contributed by atoms with Crippen molar-refractivity contribution in [3.05, 3.63) is 74.5 Å². The molecule has 4 nitrogen and oxygen atoms in total. The predicted molar refractivity (Wildman–Crippen MR) is 103 cm³/mol. The number of halogens is 2. The maximum Gasteiger partial charge on any atom is 0.122 e. The fraction of sp³-hybridized carbons (Fsp3) is 0.200. The van der Waals surface area contributed by atoms with Crippen LogP contribution in [0.15, 0.2) is 36.4 Å². The molecule has 6 heteroatoms. The lowest BCUT2D eigenvalue weighted by molar-refractivity contribution is 0.302. The molecular weight excluding hydrogens is 369 g/mol. The molecule has 0 saturated heterocycles. The van der Waals surface area contributed by atoms with Gasteiger partial charge in [0, 0.05) is 16.3 Å². The third-order valence-electron chi connectivity index (χ3n) is 4.27. The Bertz CT molecular complexity index is 1020. The van der Waals surface area contributed by atoms with Gasteiger partial charge in [0.1, 0.15) is 18.4 Å². The summed E-state index contributed by atoms with van der Waals surface area (Å²) >= 11 is 12.1. The van der Waals surface area contributed by atoms with Crippen LogP contribution in [-0.4, -0.2) is 9.78 Å². The number of aryl methyl sites for hydroxylation is 2. The summed E-state index contributed by atoms with van der Waals surface area (Å²) < 4.78 is 7.78. The first-order valence-electron chi connectivity index (χ1n) is 8.04. The lowest BCUT2D eigenvalue weighted by Gasteiger charge is -2.10. The number of rotatable bonds is 4. The number of hydrogen-bond acceptors (Lipinski definition) is 3. The van der Waals surface area contributed by atoms with Crippen molar-refractivity contribution < 1.29 is 4.74 Å². The second-order valence-electron chi connectivity index (χ2n) is 6.04. The van der Waals surface area contributed by atoms with Gasteiger partial charge in [0.25, 0.3) is 0 Å². The molecule has 0 aliphatic heterocycles. The summed E-state index contributed by atoms with van der Waals surface area (Å²) in [5.41, 5.74) is 5.10. The maximum atomic E-state index is 9.02. The largest absolute Gasteiger partial charge is 0.488 e. The minimum Gasteiger partial charge on any atom is -0.488 e. The number of nitrogens with zero attached hydrogens (tertiary/aromatic N) is 3. The van der Waals surface area contributed by atoms with Crippen LogP contribution in [0.3, 0.4) is 0 Å². The molecule has 0 N–H and O–H groups in total. The molecule has 0 saturated carbocycles. The second kappa shape index (κ2) is 7.41. The second-order valence-corrected chi connectivity index (χ2v) is 6.88. The van der Waals surface area contributed by atoms with E-state index in [-0.39, 0.29) is 0 Å². The Kier molecular flexibility index (Phi) is 5.22. The molecule has 0 spiro atoms. The molecule has 0 aliphatic rings. The molecular formula is C20H17Cl2N3O. The molecule has 0 bridgehead atoms. The topological polar surface area (TPSA) is 50.8 Å². The van der Waals surface area contributed by atoms with E-state index in [2.05, 4.69) is 11.2 Å². The van der Waals surface area contributed by atoms with Crippen molar-refractivity contribution in [2.75, 3.05) is 0 Å². The lowest BCUT2D eigenvalue weighted by atomic mass is 10.2. The minimum atomic E-state index is 0.407. The monoisotopic (exact) mass is 385 g/mol. The molecule has 0 unspecified atom stereocenters. The Morgan fingerprint density at radius 1 is 1.12 bits per heavy atom. The standard InChI is InChI=1S/C20H17Cl2N3O/c1-12-8-16(21)5-7-20(12)26-11-18-13(2)24-25(14(18)3)17-6-4-15(10-23)19(22)9-17/h4-9H,11H2,1-3H3. The van der Waals surface area contributed by atoms with E-state index < -0.39 is 0 Å². The van der Waals surface area contributed by atoms with Crippen molar-refractivity contribution in [1.82, 2.24) is 9.78 Å². The van der Waals surface area contributed by atoms with E-state index in [0.717, 1.165) is 34.0 Å². The van der Waals surface area contributed by atoms with Gasteiger partial charge in [-0.1, -0.05) is 23.2 Å². The number of ether oxygens (including phenoxy) is 1. The number of nitriles is 1. The highest BCUT2D eigenvalue weighted by molar-refractivity contribution is 6.32. The average Bonchev–Trinajstić information content (AvgIpc) is 2.88. The van der Waals surface area contributed by atoms with Crippen molar-refractivity contribution in [3.8, 4) is 17.5 Å². The van der Waals surface area contributed by atoms with Gasteiger partial charge in [-0.15, -0.1) is 0 Å². The molecule has 132 valence electrons. The lowest BCUT2D eigenvalue weighted by Crippen LogP contribution is -2.02. The highest BCUT2D eigenvalue weighted by Crippen LogP contribution is 2.26. The molecule has 0 fully saturated rings. The molecule has 3 aromatic rings. The first-order valence-corrected chi connectivity index (χ1v) is 8.80. The maximum absolute atomic E-state index is 9.02. The van der Waals surface area contributed by atoms with Gasteiger partial charge in [0.2, 0.25) is 0 Å². The van der Waals surface area contributed by atoms with Crippen LogP contribution in [0.2, 0.25) is 10.0 Å². The summed E-state index contributed by atoms with van der Waals surface area (Å²) in [7, 11) is 0. The zero-order chi connectivity index (χ0) is 18.8. The van der Waals surface area contributed by atoms with Crippen LogP contribution in [0.5, 0.6) is 5.75 Å². The van der Waals surface area contributed by atoms with Gasteiger partial charge >= 0.3 is 0 Å². The van der Waals surface area contributed by atoms with Crippen molar-refractivity contribution in [2.45, 2.75) is 27.4 Å². The summed E-state index contributed by atoms with van der Waals surface area (Å²) in [4.78, 5) is 0. The van der Waals surface area contributed by atoms with Gasteiger partial charge < -0.3 is 4.74 Å². The van der Waals surface area contributed by atoms with Crippen molar-refractivity contribution in [2.24, 2.45) is 0 Å². The van der Waals surface area contributed by atoms with Crippen molar-refractivity contribution in [3.63, 3.8) is 0 Å². The predicted octanol–water partition coefficient (Wildman–Crippen LogP) is 5.56. The Morgan fingerprint density at radius 2 is 1.88 bits per heavy atom. The van der Waals surface area contributed by atoms with Gasteiger partial charge in [-0.25, -0.2) is 4.68 Å². The van der Waals surface area contributed by atoms with E-state index in [1.807, 2.05) is 49.7 Å². The SMILES string of the molecule is Cc1cc(Cl)ccc1OCc1c(C)nn(-c2ccc(C#N)c(Cl)c2)c1C. The first kappa shape index (κ1) is 18.3. The van der Waals surface area contributed by atoms with E-state index in [4.69, 9.17) is 33.2 Å². The average molecular weight is 386 g/mol. The molecule has 0 aliphatic carbocycles.